The molecule has 0 fully saturated rings. The molecule has 3 aromatic rings. The molecule has 0 heterocycles. The van der Waals surface area contributed by atoms with Gasteiger partial charge in [-0.15, -0.1) is 0 Å². The van der Waals surface area contributed by atoms with E-state index in [1.54, 1.807) is 0 Å². The lowest BCUT2D eigenvalue weighted by Crippen LogP contribution is -2.30. The lowest BCUT2D eigenvalue weighted by atomic mass is 9.75. The predicted octanol–water partition coefficient (Wildman–Crippen LogP) is 6.41. The van der Waals surface area contributed by atoms with Gasteiger partial charge in [0.25, 0.3) is 0 Å². The summed E-state index contributed by atoms with van der Waals surface area (Å²) < 4.78 is 0. The second kappa shape index (κ2) is 7.54. The molecule has 0 N–H and O–H groups in total. The summed E-state index contributed by atoms with van der Waals surface area (Å²) in [6, 6.07) is 26.1. The van der Waals surface area contributed by atoms with Crippen LogP contribution in [0.3, 0.4) is 0 Å². The predicted molar refractivity (Wildman–Crippen MR) is 112 cm³/mol. The fourth-order valence-corrected chi connectivity index (χ4v) is 4.21. The molecule has 3 aromatic carbocycles. The van der Waals surface area contributed by atoms with E-state index in [0.29, 0.717) is 11.4 Å². The Kier molecular flexibility index (Phi) is 4.96. The molecule has 0 unspecified atom stereocenters. The van der Waals surface area contributed by atoms with Crippen molar-refractivity contribution in [1.29, 1.82) is 0 Å². The first kappa shape index (κ1) is 17.8. The van der Waals surface area contributed by atoms with E-state index >= 15 is 0 Å². The van der Waals surface area contributed by atoms with Crippen LogP contribution in [0.1, 0.15) is 33.5 Å². The largest absolute Gasteiger partial charge is 0.294 e. The molecule has 1 aliphatic rings. The number of carbonyl (C=O) groups is 1. The van der Waals surface area contributed by atoms with E-state index in [9.17, 15) is 4.79 Å². The average Bonchev–Trinajstić information content (AvgIpc) is 2.94. The smallest absolute Gasteiger partial charge is 0.170 e. The van der Waals surface area contributed by atoms with Gasteiger partial charge in [0.15, 0.2) is 5.78 Å². The lowest BCUT2D eigenvalue weighted by Gasteiger charge is -2.26. The van der Waals surface area contributed by atoms with Crippen LogP contribution in [-0.4, -0.2) is 5.78 Å². The Balaban J connectivity index is 1.66. The summed E-state index contributed by atoms with van der Waals surface area (Å²) >= 11 is 6.18. The highest BCUT2D eigenvalue weighted by Gasteiger charge is 2.44. The molecular formula is C25H21ClO. The minimum Gasteiger partial charge on any atom is -0.294 e. The van der Waals surface area contributed by atoms with E-state index in [0.717, 1.165) is 29.5 Å². The van der Waals surface area contributed by atoms with E-state index in [2.05, 4.69) is 36.4 Å². The Morgan fingerprint density at radius 2 is 1.63 bits per heavy atom. The maximum Gasteiger partial charge on any atom is 0.170 e. The van der Waals surface area contributed by atoms with Gasteiger partial charge in [0.1, 0.15) is 0 Å². The van der Waals surface area contributed by atoms with E-state index in [1.165, 1.54) is 5.56 Å². The van der Waals surface area contributed by atoms with Gasteiger partial charge >= 0.3 is 0 Å². The van der Waals surface area contributed by atoms with E-state index in [4.69, 9.17) is 11.6 Å². The molecule has 1 nitrogen and oxygen atoms in total. The Bertz CT molecular complexity index is 976. The quantitative estimate of drug-likeness (QED) is 0.505. The molecule has 2 heteroatoms. The van der Waals surface area contributed by atoms with E-state index in [-0.39, 0.29) is 5.78 Å². The van der Waals surface area contributed by atoms with Gasteiger partial charge in [0, 0.05) is 16.0 Å². The third-order valence-corrected chi connectivity index (χ3v) is 5.56. The zero-order chi connectivity index (χ0) is 18.7. The van der Waals surface area contributed by atoms with Gasteiger partial charge in [0.05, 0.1) is 0 Å². The molecule has 0 saturated heterocycles. The number of Topliss-reactive ketones (excluding diaryl/α,β-unsaturated/α-hetero) is 1. The first-order chi connectivity index (χ1) is 13.2. The summed E-state index contributed by atoms with van der Waals surface area (Å²) in [5, 5.41) is 0.692. The van der Waals surface area contributed by atoms with E-state index in [1.807, 2.05) is 54.6 Å². The fourth-order valence-electron chi connectivity index (χ4n) is 4.01. The van der Waals surface area contributed by atoms with Crippen LogP contribution >= 0.6 is 11.6 Å². The number of hydrogen-bond acceptors (Lipinski definition) is 1. The third kappa shape index (κ3) is 3.74. The maximum absolute atomic E-state index is 13.4. The van der Waals surface area contributed by atoms with Crippen molar-refractivity contribution in [2.24, 2.45) is 5.41 Å². The average molecular weight is 373 g/mol. The van der Waals surface area contributed by atoms with Gasteiger partial charge in [-0.3, -0.25) is 4.79 Å². The van der Waals surface area contributed by atoms with Crippen molar-refractivity contribution in [3.05, 3.63) is 112 Å². The highest BCUT2D eigenvalue weighted by atomic mass is 35.5. The Hall–Kier alpha value is -2.64. The van der Waals surface area contributed by atoms with Crippen LogP contribution in [-0.2, 0) is 12.8 Å². The molecule has 27 heavy (non-hydrogen) atoms. The fraction of sp³-hybridized carbons (Fsp3) is 0.160. The Morgan fingerprint density at radius 1 is 0.926 bits per heavy atom. The number of allylic oxidation sites excluding steroid dienone is 1. The number of rotatable bonds is 5. The zero-order valence-corrected chi connectivity index (χ0v) is 15.8. The van der Waals surface area contributed by atoms with Crippen molar-refractivity contribution in [3.8, 4) is 0 Å². The molecule has 0 radical (unpaired) electrons. The standard InChI is InChI=1S/C25H21ClO/c26-22-13-14-23-21(16-22)18-25(24(23)27,17-20-10-5-2-6-11-20)15-7-12-19-8-3-1-4-9-19/h1-14,16H,15,17-18H2/b12-7+/t25-/m0/s1. The van der Waals surface area contributed by atoms with Crippen LogP contribution in [0.4, 0.5) is 0 Å². The number of fused-ring (bicyclic) bond motifs is 1. The van der Waals surface area contributed by atoms with Crippen LogP contribution in [0.2, 0.25) is 5.02 Å². The normalized spacial score (nSPS) is 18.8. The highest BCUT2D eigenvalue weighted by molar-refractivity contribution is 6.30. The van der Waals surface area contributed by atoms with Gasteiger partial charge < -0.3 is 0 Å². The number of halogens is 1. The third-order valence-electron chi connectivity index (χ3n) is 5.33. The van der Waals surface area contributed by atoms with Crippen molar-refractivity contribution < 1.29 is 4.79 Å². The van der Waals surface area contributed by atoms with Crippen molar-refractivity contribution in [2.75, 3.05) is 0 Å². The van der Waals surface area contributed by atoms with Crippen molar-refractivity contribution >= 4 is 23.5 Å². The molecule has 134 valence electrons. The van der Waals surface area contributed by atoms with Crippen molar-refractivity contribution in [2.45, 2.75) is 19.3 Å². The summed E-state index contributed by atoms with van der Waals surface area (Å²) in [6.07, 6.45) is 6.43. The first-order valence-electron chi connectivity index (χ1n) is 9.25. The number of benzene rings is 3. The summed E-state index contributed by atoms with van der Waals surface area (Å²) in [5.74, 6) is 0.232. The first-order valence-corrected chi connectivity index (χ1v) is 9.63. The molecule has 1 atom stereocenters. The van der Waals surface area contributed by atoms with Crippen LogP contribution in [0.25, 0.3) is 6.08 Å². The second-order valence-corrected chi connectivity index (χ2v) is 7.70. The topological polar surface area (TPSA) is 17.1 Å². The molecular weight excluding hydrogens is 352 g/mol. The lowest BCUT2D eigenvalue weighted by molar-refractivity contribution is 0.0821. The molecule has 0 aliphatic heterocycles. The van der Waals surface area contributed by atoms with Crippen LogP contribution < -0.4 is 0 Å². The van der Waals surface area contributed by atoms with Crippen LogP contribution in [0, 0.1) is 5.41 Å². The van der Waals surface area contributed by atoms with Gasteiger partial charge in [0.2, 0.25) is 0 Å². The molecule has 0 bridgehead atoms. The summed E-state index contributed by atoms with van der Waals surface area (Å²) in [5.41, 5.74) is 3.79. The van der Waals surface area contributed by atoms with Crippen molar-refractivity contribution in [3.63, 3.8) is 0 Å². The minimum atomic E-state index is -0.445. The van der Waals surface area contributed by atoms with Gasteiger partial charge in [-0.05, 0) is 54.2 Å². The summed E-state index contributed by atoms with van der Waals surface area (Å²) in [7, 11) is 0. The van der Waals surface area contributed by atoms with Crippen molar-refractivity contribution in [1.82, 2.24) is 0 Å². The van der Waals surface area contributed by atoms with Gasteiger partial charge in [-0.1, -0.05) is 84.4 Å². The van der Waals surface area contributed by atoms with Crippen LogP contribution in [0.15, 0.2) is 84.9 Å². The highest BCUT2D eigenvalue weighted by Crippen LogP contribution is 2.43. The molecule has 0 spiro atoms. The zero-order valence-electron chi connectivity index (χ0n) is 15.1. The van der Waals surface area contributed by atoms with Gasteiger partial charge in [-0.25, -0.2) is 0 Å². The molecule has 0 amide bonds. The summed E-state index contributed by atoms with van der Waals surface area (Å²) in [6.45, 7) is 0. The number of ketones is 1. The van der Waals surface area contributed by atoms with Gasteiger partial charge in [-0.2, -0.15) is 0 Å². The molecule has 4 rings (SSSR count). The number of carbonyl (C=O) groups excluding carboxylic acids is 1. The SMILES string of the molecule is O=C1c2ccc(Cl)cc2C[C@]1(C/C=C/c1ccccc1)Cc1ccccc1. The minimum absolute atomic E-state index is 0.232. The Labute approximate surface area is 165 Å². The monoisotopic (exact) mass is 372 g/mol. The second-order valence-electron chi connectivity index (χ2n) is 7.27. The molecule has 1 aliphatic carbocycles. The Morgan fingerprint density at radius 3 is 2.37 bits per heavy atom. The van der Waals surface area contributed by atoms with E-state index < -0.39 is 5.41 Å². The summed E-state index contributed by atoms with van der Waals surface area (Å²) in [4.78, 5) is 13.4. The molecule has 0 saturated carbocycles. The van der Waals surface area contributed by atoms with Crippen LogP contribution in [0.5, 0.6) is 0 Å². The molecule has 0 aromatic heterocycles. The number of hydrogen-bond donors (Lipinski definition) is 0. The maximum atomic E-state index is 13.4.